The van der Waals surface area contributed by atoms with E-state index in [9.17, 15) is 13.2 Å². The average Bonchev–Trinajstić information content (AvgIpc) is 2.94. The van der Waals surface area contributed by atoms with Crippen LogP contribution in [0, 0.1) is 0 Å². The molecule has 1 aromatic rings. The third kappa shape index (κ3) is 3.61. The molecule has 0 aliphatic carbocycles. The summed E-state index contributed by atoms with van der Waals surface area (Å²) in [5.41, 5.74) is 0.247. The van der Waals surface area contributed by atoms with E-state index < -0.39 is 18.3 Å². The number of hydrogen-bond donors (Lipinski definition) is 1. The van der Waals surface area contributed by atoms with Gasteiger partial charge in [-0.05, 0) is 26.0 Å². The number of rotatable bonds is 2. The summed E-state index contributed by atoms with van der Waals surface area (Å²) in [7, 11) is 2.02. The average molecular weight is 318 g/mol. The highest BCUT2D eigenvalue weighted by Crippen LogP contribution is 2.37. The van der Waals surface area contributed by atoms with Crippen molar-refractivity contribution < 1.29 is 17.9 Å². The molecule has 22 heavy (non-hydrogen) atoms. The molecule has 2 aliphatic rings. The highest BCUT2D eigenvalue weighted by molar-refractivity contribution is 5.07. The predicted molar refractivity (Wildman–Crippen MR) is 74.4 cm³/mol. The molecular formula is C14H21F3N4O. The summed E-state index contributed by atoms with van der Waals surface area (Å²) in [4.78, 5) is 3.66. The fraction of sp³-hybridized carbons (Fsp3) is 0.786. The van der Waals surface area contributed by atoms with Crippen molar-refractivity contribution in [2.45, 2.75) is 30.7 Å². The summed E-state index contributed by atoms with van der Waals surface area (Å²) in [5, 5.41) is 6.72. The number of aromatic nitrogens is 2. The number of alkyl halides is 3. The van der Waals surface area contributed by atoms with Crippen LogP contribution in [0.25, 0.3) is 0 Å². The molecule has 1 aromatic heterocycles. The third-order valence-electron chi connectivity index (χ3n) is 4.50. The molecule has 1 unspecified atom stereocenters. The van der Waals surface area contributed by atoms with Crippen molar-refractivity contribution in [3.8, 4) is 0 Å². The number of nitrogens with one attached hydrogen (secondary N) is 1. The summed E-state index contributed by atoms with van der Waals surface area (Å²) in [5.74, 6) is 0. The van der Waals surface area contributed by atoms with Crippen LogP contribution in [0.3, 0.4) is 0 Å². The van der Waals surface area contributed by atoms with Gasteiger partial charge in [-0.1, -0.05) is 0 Å². The van der Waals surface area contributed by atoms with Crippen LogP contribution in [0.5, 0.6) is 0 Å². The second kappa shape index (κ2) is 5.82. The van der Waals surface area contributed by atoms with Crippen molar-refractivity contribution in [3.05, 3.63) is 18.0 Å². The zero-order valence-electron chi connectivity index (χ0n) is 12.6. The lowest BCUT2D eigenvalue weighted by Gasteiger charge is -2.49. The second-order valence-electron chi connectivity index (χ2n) is 6.39. The summed E-state index contributed by atoms with van der Waals surface area (Å²) in [6.07, 6.45) is -1.47. The van der Waals surface area contributed by atoms with E-state index in [0.29, 0.717) is 6.54 Å². The highest BCUT2D eigenvalue weighted by atomic mass is 19.4. The largest absolute Gasteiger partial charge is 0.401 e. The van der Waals surface area contributed by atoms with E-state index in [1.807, 2.05) is 7.05 Å². The molecule has 1 atom stereocenters. The van der Waals surface area contributed by atoms with Gasteiger partial charge in [0.05, 0.1) is 17.8 Å². The highest BCUT2D eigenvalue weighted by Gasteiger charge is 2.45. The topological polar surface area (TPSA) is 44.4 Å². The number of H-pyrrole nitrogens is 1. The first-order chi connectivity index (χ1) is 10.4. The van der Waals surface area contributed by atoms with Crippen LogP contribution in [-0.4, -0.2) is 71.5 Å². The first-order valence-electron chi connectivity index (χ1n) is 7.50. The first-order valence-corrected chi connectivity index (χ1v) is 7.50. The summed E-state index contributed by atoms with van der Waals surface area (Å²) in [6.45, 7) is 1.37. The number of hydrogen-bond acceptors (Lipinski definition) is 4. The van der Waals surface area contributed by atoms with Crippen molar-refractivity contribution in [2.75, 3.05) is 39.8 Å². The minimum atomic E-state index is -4.19. The molecule has 0 amide bonds. The predicted octanol–water partition coefficient (Wildman–Crippen LogP) is 1.81. The lowest BCUT2D eigenvalue weighted by molar-refractivity contribution is -0.207. The van der Waals surface area contributed by atoms with Gasteiger partial charge in [-0.25, -0.2) is 0 Å². The van der Waals surface area contributed by atoms with E-state index in [4.69, 9.17) is 4.74 Å². The molecule has 3 heterocycles. The van der Waals surface area contributed by atoms with Crippen molar-refractivity contribution in [3.63, 3.8) is 0 Å². The summed E-state index contributed by atoms with van der Waals surface area (Å²) >= 11 is 0. The summed E-state index contributed by atoms with van der Waals surface area (Å²) < 4.78 is 44.7. The zero-order chi connectivity index (χ0) is 15.8. The Bertz CT molecular complexity index is 483. The molecule has 2 aliphatic heterocycles. The van der Waals surface area contributed by atoms with Gasteiger partial charge in [0.2, 0.25) is 0 Å². The van der Waals surface area contributed by atoms with Crippen molar-refractivity contribution in [2.24, 2.45) is 0 Å². The molecule has 8 heteroatoms. The van der Waals surface area contributed by atoms with Gasteiger partial charge >= 0.3 is 6.18 Å². The molecule has 2 saturated heterocycles. The fourth-order valence-corrected chi connectivity index (χ4v) is 3.37. The molecule has 124 valence electrons. The van der Waals surface area contributed by atoms with E-state index in [2.05, 4.69) is 15.1 Å². The van der Waals surface area contributed by atoms with E-state index in [0.717, 1.165) is 31.6 Å². The number of likely N-dealkylation sites (tertiary alicyclic amines) is 1. The normalized spacial score (nSPS) is 27.4. The van der Waals surface area contributed by atoms with Gasteiger partial charge in [-0.3, -0.25) is 10.00 Å². The molecule has 1 N–H and O–H groups in total. The van der Waals surface area contributed by atoms with Crippen molar-refractivity contribution in [1.29, 1.82) is 0 Å². The Kier molecular flexibility index (Phi) is 4.17. The molecule has 0 saturated carbocycles. The van der Waals surface area contributed by atoms with E-state index >= 15 is 0 Å². The fourth-order valence-electron chi connectivity index (χ4n) is 3.37. The maximum atomic E-state index is 12.8. The molecular weight excluding hydrogens is 297 g/mol. The number of piperidine rings is 1. The Hall–Kier alpha value is -1.12. The Morgan fingerprint density at radius 3 is 2.73 bits per heavy atom. The molecule has 2 fully saturated rings. The van der Waals surface area contributed by atoms with Crippen LogP contribution in [0.4, 0.5) is 13.2 Å². The van der Waals surface area contributed by atoms with Crippen molar-refractivity contribution in [1.82, 2.24) is 20.0 Å². The standard InChI is InChI=1S/C14H21F3N4O/c1-20-6-3-13(4-7-20)9-21(10-14(15,16)17)8-12(22-13)11-2-5-18-19-11/h2,5,12H,3-4,6-10H2,1H3,(H,18,19). The third-order valence-corrected chi connectivity index (χ3v) is 4.50. The van der Waals surface area contributed by atoms with Crippen LogP contribution < -0.4 is 0 Å². The lowest BCUT2D eigenvalue weighted by Crippen LogP contribution is -2.58. The van der Waals surface area contributed by atoms with Crippen LogP contribution in [0.2, 0.25) is 0 Å². The SMILES string of the molecule is CN1CCC2(CC1)CN(CC(F)(F)F)CC(c1ccn[nH]1)O2. The van der Waals surface area contributed by atoms with Gasteiger partial charge < -0.3 is 9.64 Å². The van der Waals surface area contributed by atoms with Crippen LogP contribution in [0.15, 0.2) is 12.3 Å². The second-order valence-corrected chi connectivity index (χ2v) is 6.39. The van der Waals surface area contributed by atoms with Crippen LogP contribution >= 0.6 is 0 Å². The minimum absolute atomic E-state index is 0.235. The number of aromatic amines is 1. The van der Waals surface area contributed by atoms with Gasteiger partial charge in [0.1, 0.15) is 6.10 Å². The number of ether oxygens (including phenoxy) is 1. The lowest BCUT2D eigenvalue weighted by atomic mass is 9.88. The quantitative estimate of drug-likeness (QED) is 0.903. The van der Waals surface area contributed by atoms with Crippen LogP contribution in [-0.2, 0) is 4.74 Å². The molecule has 5 nitrogen and oxygen atoms in total. The van der Waals surface area contributed by atoms with Gasteiger partial charge in [0.25, 0.3) is 0 Å². The van der Waals surface area contributed by atoms with E-state index in [-0.39, 0.29) is 12.6 Å². The molecule has 0 bridgehead atoms. The Morgan fingerprint density at radius 1 is 1.41 bits per heavy atom. The van der Waals surface area contributed by atoms with Crippen molar-refractivity contribution >= 4 is 0 Å². The first kappa shape index (κ1) is 15.8. The Morgan fingerprint density at radius 2 is 2.14 bits per heavy atom. The maximum absolute atomic E-state index is 12.8. The molecule has 0 radical (unpaired) electrons. The molecule has 1 spiro atoms. The Labute approximate surface area is 127 Å². The maximum Gasteiger partial charge on any atom is 0.401 e. The number of morpholine rings is 1. The zero-order valence-corrected chi connectivity index (χ0v) is 12.6. The van der Waals surface area contributed by atoms with Gasteiger partial charge in [-0.15, -0.1) is 0 Å². The molecule has 3 rings (SSSR count). The monoisotopic (exact) mass is 318 g/mol. The molecule has 0 aromatic carbocycles. The minimum Gasteiger partial charge on any atom is -0.363 e. The number of halogens is 3. The number of nitrogens with zero attached hydrogens (tertiary/aromatic N) is 3. The smallest absolute Gasteiger partial charge is 0.363 e. The van der Waals surface area contributed by atoms with Gasteiger partial charge in [0.15, 0.2) is 0 Å². The van der Waals surface area contributed by atoms with E-state index in [1.54, 1.807) is 12.3 Å². The van der Waals surface area contributed by atoms with Gasteiger partial charge in [0, 0.05) is 32.4 Å². The van der Waals surface area contributed by atoms with E-state index in [1.165, 1.54) is 4.90 Å². The van der Waals surface area contributed by atoms with Gasteiger partial charge in [-0.2, -0.15) is 18.3 Å². The van der Waals surface area contributed by atoms with Crippen LogP contribution in [0.1, 0.15) is 24.6 Å². The Balaban J connectivity index is 1.78. The summed E-state index contributed by atoms with van der Waals surface area (Å²) in [6, 6.07) is 1.77.